The molecule has 5 nitrogen and oxygen atoms in total. The molecule has 0 saturated heterocycles. The van der Waals surface area contributed by atoms with Crippen LogP contribution in [-0.2, 0) is 0 Å². The van der Waals surface area contributed by atoms with E-state index in [0.29, 0.717) is 24.8 Å². The summed E-state index contributed by atoms with van der Waals surface area (Å²) in [6, 6.07) is 7.29. The van der Waals surface area contributed by atoms with Gasteiger partial charge in [-0.1, -0.05) is 5.16 Å². The van der Waals surface area contributed by atoms with Crippen molar-refractivity contribution in [2.75, 3.05) is 18.9 Å². The minimum absolute atomic E-state index is 0.296. The molecule has 5 heteroatoms. The fraction of sp³-hybridized carbons (Fsp3) is 0.182. The number of nitrogen functional groups attached to an aromatic ring is 1. The monoisotopic (exact) mass is 218 g/mol. The Kier molecular flexibility index (Phi) is 1.96. The highest BCUT2D eigenvalue weighted by atomic mass is 16.6. The van der Waals surface area contributed by atoms with E-state index >= 15 is 0 Å². The summed E-state index contributed by atoms with van der Waals surface area (Å²) in [7, 11) is 0. The summed E-state index contributed by atoms with van der Waals surface area (Å²) in [4.78, 5) is 0. The Labute approximate surface area is 91.7 Å². The Hall–Kier alpha value is -2.17. The van der Waals surface area contributed by atoms with Crippen LogP contribution in [0, 0.1) is 0 Å². The first-order valence-corrected chi connectivity index (χ1v) is 4.95. The molecule has 2 aromatic rings. The lowest BCUT2D eigenvalue weighted by molar-refractivity contribution is 0.171. The average Bonchev–Trinajstić information content (AvgIpc) is 2.75. The van der Waals surface area contributed by atoms with E-state index in [2.05, 4.69) is 5.16 Å². The molecule has 1 aromatic heterocycles. The van der Waals surface area contributed by atoms with E-state index in [9.17, 15) is 0 Å². The van der Waals surface area contributed by atoms with Crippen LogP contribution in [0.2, 0.25) is 0 Å². The highest BCUT2D eigenvalue weighted by Crippen LogP contribution is 2.34. The second kappa shape index (κ2) is 3.44. The van der Waals surface area contributed by atoms with Gasteiger partial charge < -0.3 is 19.7 Å². The molecule has 2 heterocycles. The molecule has 0 radical (unpaired) electrons. The van der Waals surface area contributed by atoms with Gasteiger partial charge in [0.05, 0.1) is 0 Å². The average molecular weight is 218 g/mol. The van der Waals surface area contributed by atoms with Crippen LogP contribution >= 0.6 is 0 Å². The number of hydrogen-bond acceptors (Lipinski definition) is 5. The van der Waals surface area contributed by atoms with Gasteiger partial charge in [-0.25, -0.2) is 0 Å². The molecule has 0 fully saturated rings. The maximum absolute atomic E-state index is 5.48. The molecule has 0 aliphatic carbocycles. The normalized spacial score (nSPS) is 13.8. The van der Waals surface area contributed by atoms with Crippen molar-refractivity contribution in [1.29, 1.82) is 0 Å². The topological polar surface area (TPSA) is 70.5 Å². The van der Waals surface area contributed by atoms with Gasteiger partial charge in [-0.15, -0.1) is 0 Å². The van der Waals surface area contributed by atoms with Crippen LogP contribution in [0.15, 0.2) is 28.8 Å². The molecule has 82 valence electrons. The molecule has 1 aliphatic heterocycles. The van der Waals surface area contributed by atoms with Gasteiger partial charge in [-0.05, 0) is 18.2 Å². The molecule has 0 unspecified atom stereocenters. The molecule has 3 rings (SSSR count). The second-order valence-corrected chi connectivity index (χ2v) is 3.47. The maximum Gasteiger partial charge on any atom is 0.222 e. The van der Waals surface area contributed by atoms with Crippen LogP contribution in [0.1, 0.15) is 0 Å². The first-order valence-electron chi connectivity index (χ1n) is 4.95. The van der Waals surface area contributed by atoms with Gasteiger partial charge in [0.25, 0.3) is 0 Å². The summed E-state index contributed by atoms with van der Waals surface area (Å²) in [5.74, 6) is 1.78. The number of hydrogen-bond donors (Lipinski definition) is 1. The third-order valence-corrected chi connectivity index (χ3v) is 2.37. The van der Waals surface area contributed by atoms with Crippen LogP contribution in [0.5, 0.6) is 11.5 Å². The second-order valence-electron chi connectivity index (χ2n) is 3.47. The zero-order valence-electron chi connectivity index (χ0n) is 8.47. The Morgan fingerprint density at radius 3 is 2.62 bits per heavy atom. The minimum Gasteiger partial charge on any atom is -0.486 e. The van der Waals surface area contributed by atoms with Crippen molar-refractivity contribution in [3.63, 3.8) is 0 Å². The number of rotatable bonds is 1. The summed E-state index contributed by atoms with van der Waals surface area (Å²) < 4.78 is 15.7. The third kappa shape index (κ3) is 1.46. The summed E-state index contributed by atoms with van der Waals surface area (Å²) in [5.41, 5.74) is 7.05. The molecule has 2 N–H and O–H groups in total. The van der Waals surface area contributed by atoms with Gasteiger partial charge in [0.15, 0.2) is 11.5 Å². The van der Waals surface area contributed by atoms with Crippen molar-refractivity contribution in [2.45, 2.75) is 0 Å². The standard InChI is InChI=1S/C11H10N2O3/c12-11-6-8(13-16-11)7-1-2-9-10(5-7)15-4-3-14-9/h1-2,5-6H,3-4,12H2. The Morgan fingerprint density at radius 1 is 1.06 bits per heavy atom. The molecular weight excluding hydrogens is 208 g/mol. The lowest BCUT2D eigenvalue weighted by Gasteiger charge is -2.18. The van der Waals surface area contributed by atoms with E-state index < -0.39 is 0 Å². The van der Waals surface area contributed by atoms with Gasteiger partial charge in [0, 0.05) is 11.6 Å². The quantitative estimate of drug-likeness (QED) is 0.788. The number of fused-ring (bicyclic) bond motifs is 1. The van der Waals surface area contributed by atoms with Crippen molar-refractivity contribution in [3.05, 3.63) is 24.3 Å². The molecule has 16 heavy (non-hydrogen) atoms. The summed E-state index contributed by atoms with van der Waals surface area (Å²) in [6.07, 6.45) is 0. The highest BCUT2D eigenvalue weighted by Gasteiger charge is 2.13. The summed E-state index contributed by atoms with van der Waals surface area (Å²) >= 11 is 0. The van der Waals surface area contributed by atoms with Crippen molar-refractivity contribution in [1.82, 2.24) is 5.16 Å². The van der Waals surface area contributed by atoms with E-state index in [1.807, 2.05) is 18.2 Å². The maximum atomic E-state index is 5.48. The van der Waals surface area contributed by atoms with Gasteiger partial charge in [0.1, 0.15) is 18.9 Å². The number of nitrogens with zero attached hydrogens (tertiary/aromatic N) is 1. The predicted octanol–water partition coefficient (Wildman–Crippen LogP) is 1.70. The van der Waals surface area contributed by atoms with E-state index in [1.165, 1.54) is 0 Å². The minimum atomic E-state index is 0.296. The fourth-order valence-electron chi connectivity index (χ4n) is 1.63. The Balaban J connectivity index is 2.02. The van der Waals surface area contributed by atoms with Crippen LogP contribution in [0.4, 0.5) is 5.88 Å². The summed E-state index contributed by atoms with van der Waals surface area (Å²) in [6.45, 7) is 1.15. The lowest BCUT2D eigenvalue weighted by atomic mass is 10.1. The predicted molar refractivity (Wildman–Crippen MR) is 57.3 cm³/mol. The molecule has 0 amide bonds. The van der Waals surface area contributed by atoms with Crippen molar-refractivity contribution >= 4 is 5.88 Å². The number of ether oxygens (including phenoxy) is 2. The summed E-state index contributed by atoms with van der Waals surface area (Å²) in [5, 5.41) is 3.84. The third-order valence-electron chi connectivity index (χ3n) is 2.37. The van der Waals surface area contributed by atoms with Crippen LogP contribution < -0.4 is 15.2 Å². The van der Waals surface area contributed by atoms with Gasteiger partial charge in [-0.2, -0.15) is 0 Å². The smallest absolute Gasteiger partial charge is 0.222 e. The molecule has 1 aliphatic rings. The Bertz CT molecular complexity index is 522. The van der Waals surface area contributed by atoms with Crippen molar-refractivity contribution < 1.29 is 14.0 Å². The van der Waals surface area contributed by atoms with E-state index in [0.717, 1.165) is 17.1 Å². The number of aromatic nitrogens is 1. The van der Waals surface area contributed by atoms with E-state index in [4.69, 9.17) is 19.7 Å². The molecule has 0 saturated carbocycles. The first-order chi connectivity index (χ1) is 7.83. The van der Waals surface area contributed by atoms with Crippen molar-refractivity contribution in [3.8, 4) is 22.8 Å². The molecule has 0 spiro atoms. The molecule has 1 aromatic carbocycles. The van der Waals surface area contributed by atoms with Gasteiger partial charge >= 0.3 is 0 Å². The molecule has 0 bridgehead atoms. The van der Waals surface area contributed by atoms with Gasteiger partial charge in [0.2, 0.25) is 5.88 Å². The number of nitrogens with two attached hydrogens (primary N) is 1. The number of benzene rings is 1. The largest absolute Gasteiger partial charge is 0.486 e. The fourth-order valence-corrected chi connectivity index (χ4v) is 1.63. The van der Waals surface area contributed by atoms with Crippen LogP contribution in [-0.4, -0.2) is 18.4 Å². The SMILES string of the molecule is Nc1cc(-c2ccc3c(c2)OCCO3)no1. The Morgan fingerprint density at radius 2 is 1.88 bits per heavy atom. The lowest BCUT2D eigenvalue weighted by Crippen LogP contribution is -2.15. The van der Waals surface area contributed by atoms with E-state index in [-0.39, 0.29) is 0 Å². The first kappa shape index (κ1) is 9.08. The number of anilines is 1. The van der Waals surface area contributed by atoms with Gasteiger partial charge in [-0.3, -0.25) is 0 Å². The van der Waals surface area contributed by atoms with Crippen molar-refractivity contribution in [2.24, 2.45) is 0 Å². The zero-order chi connectivity index (χ0) is 11.0. The molecule has 0 atom stereocenters. The van der Waals surface area contributed by atoms with Crippen LogP contribution in [0.25, 0.3) is 11.3 Å². The van der Waals surface area contributed by atoms with Crippen LogP contribution in [0.3, 0.4) is 0 Å². The highest BCUT2D eigenvalue weighted by molar-refractivity contribution is 5.65. The zero-order valence-corrected chi connectivity index (χ0v) is 8.47. The molecular formula is C11H10N2O3. The van der Waals surface area contributed by atoms with E-state index in [1.54, 1.807) is 6.07 Å².